The fraction of sp³-hybridized carbons (Fsp3) is 0.438. The third-order valence-electron chi connectivity index (χ3n) is 3.41. The molecule has 0 aromatic carbocycles. The van der Waals surface area contributed by atoms with Crippen molar-refractivity contribution in [1.82, 2.24) is 14.6 Å². The lowest BCUT2D eigenvalue weighted by atomic mass is 10.2. The van der Waals surface area contributed by atoms with Gasteiger partial charge in [-0.3, -0.25) is 0 Å². The number of thiophene rings is 1. The molecule has 2 N–H and O–H groups in total. The molecule has 2 heterocycles. The topological polar surface area (TPSA) is 74.3 Å². The second-order valence-corrected chi connectivity index (χ2v) is 8.72. The van der Waals surface area contributed by atoms with E-state index in [-0.39, 0.29) is 17.0 Å². The number of aromatic nitrogens is 1. The first-order chi connectivity index (χ1) is 11.3. The van der Waals surface area contributed by atoms with Crippen LogP contribution in [0.4, 0.5) is 5.82 Å². The van der Waals surface area contributed by atoms with E-state index in [1.165, 1.54) is 11.1 Å². The van der Waals surface area contributed by atoms with Crippen molar-refractivity contribution in [3.05, 3.63) is 40.7 Å². The Bertz CT molecular complexity index is 726. The van der Waals surface area contributed by atoms with Crippen LogP contribution in [0.25, 0.3) is 0 Å². The summed E-state index contributed by atoms with van der Waals surface area (Å²) >= 11 is 1.72. The Balaban J connectivity index is 2.04. The molecule has 1 atom stereocenters. The largest absolute Gasteiger partial charge is 0.368 e. The van der Waals surface area contributed by atoms with E-state index in [2.05, 4.69) is 31.4 Å². The van der Waals surface area contributed by atoms with Gasteiger partial charge in [0.2, 0.25) is 10.0 Å². The van der Waals surface area contributed by atoms with E-state index in [9.17, 15) is 8.42 Å². The number of pyridine rings is 1. The lowest BCUT2D eigenvalue weighted by Gasteiger charge is -2.23. The standard InChI is InChI=1S/C16H24N4O2S2/c1-12(2)19-24(21,22)13-7-8-16(17-10-13)18-11-14(20(3)4)15-6-5-9-23-15/h5-10,12,14,19H,11H2,1-4H3,(H,17,18). The third-order valence-corrected chi connectivity index (χ3v) is 6.03. The van der Waals surface area contributed by atoms with Crippen molar-refractivity contribution in [2.45, 2.75) is 30.8 Å². The first-order valence-electron chi connectivity index (χ1n) is 7.71. The molecule has 0 aliphatic carbocycles. The van der Waals surface area contributed by atoms with Gasteiger partial charge in [-0.05, 0) is 51.5 Å². The maximum atomic E-state index is 12.1. The van der Waals surface area contributed by atoms with E-state index < -0.39 is 10.0 Å². The molecule has 0 saturated carbocycles. The SMILES string of the molecule is CC(C)NS(=O)(=O)c1ccc(NCC(c2cccs2)N(C)C)nc1. The van der Waals surface area contributed by atoms with Crippen LogP contribution < -0.4 is 10.0 Å². The molecule has 2 rings (SSSR count). The van der Waals surface area contributed by atoms with Crippen LogP contribution in [0.2, 0.25) is 0 Å². The van der Waals surface area contributed by atoms with Crippen LogP contribution in [0.1, 0.15) is 24.8 Å². The molecule has 0 aliphatic heterocycles. The lowest BCUT2D eigenvalue weighted by molar-refractivity contribution is 0.316. The van der Waals surface area contributed by atoms with Gasteiger partial charge in [0, 0.05) is 23.7 Å². The first kappa shape index (κ1) is 18.9. The Morgan fingerprint density at radius 2 is 2.00 bits per heavy atom. The highest BCUT2D eigenvalue weighted by Gasteiger charge is 2.17. The van der Waals surface area contributed by atoms with Crippen molar-refractivity contribution in [3.8, 4) is 0 Å². The number of hydrogen-bond donors (Lipinski definition) is 2. The van der Waals surface area contributed by atoms with Crippen molar-refractivity contribution in [2.24, 2.45) is 0 Å². The van der Waals surface area contributed by atoms with E-state index in [1.807, 2.05) is 20.2 Å². The van der Waals surface area contributed by atoms with Crippen molar-refractivity contribution in [3.63, 3.8) is 0 Å². The van der Waals surface area contributed by atoms with Gasteiger partial charge in [0.25, 0.3) is 0 Å². The number of rotatable bonds is 8. The predicted molar refractivity (Wildman–Crippen MR) is 98.9 cm³/mol. The fourth-order valence-corrected chi connectivity index (χ4v) is 4.36. The van der Waals surface area contributed by atoms with Crippen LogP contribution in [0.5, 0.6) is 0 Å². The van der Waals surface area contributed by atoms with Gasteiger partial charge in [-0.15, -0.1) is 11.3 Å². The molecule has 0 bridgehead atoms. The minimum Gasteiger partial charge on any atom is -0.368 e. The monoisotopic (exact) mass is 368 g/mol. The Morgan fingerprint density at radius 3 is 2.50 bits per heavy atom. The van der Waals surface area contributed by atoms with Crippen LogP contribution in [0, 0.1) is 0 Å². The summed E-state index contributed by atoms with van der Waals surface area (Å²) in [7, 11) is 0.566. The minimum atomic E-state index is -3.50. The van der Waals surface area contributed by atoms with Gasteiger partial charge >= 0.3 is 0 Å². The van der Waals surface area contributed by atoms with Gasteiger partial charge < -0.3 is 10.2 Å². The molecule has 1 unspecified atom stereocenters. The molecule has 0 radical (unpaired) electrons. The van der Waals surface area contributed by atoms with Crippen LogP contribution in [0.15, 0.2) is 40.7 Å². The summed E-state index contributed by atoms with van der Waals surface area (Å²) < 4.78 is 26.7. The zero-order chi connectivity index (χ0) is 17.7. The molecule has 0 fully saturated rings. The zero-order valence-corrected chi connectivity index (χ0v) is 16.0. The highest BCUT2D eigenvalue weighted by molar-refractivity contribution is 7.89. The summed E-state index contributed by atoms with van der Waals surface area (Å²) in [4.78, 5) is 7.80. The summed E-state index contributed by atoms with van der Waals surface area (Å²) in [6.45, 7) is 4.26. The van der Waals surface area contributed by atoms with E-state index in [4.69, 9.17) is 0 Å². The summed E-state index contributed by atoms with van der Waals surface area (Å²) in [5.41, 5.74) is 0. The summed E-state index contributed by atoms with van der Waals surface area (Å²) in [6, 6.07) is 7.48. The van der Waals surface area contributed by atoms with Crippen LogP contribution in [-0.2, 0) is 10.0 Å². The molecule has 0 spiro atoms. The quantitative estimate of drug-likeness (QED) is 0.749. The highest BCUT2D eigenvalue weighted by Crippen LogP contribution is 2.23. The summed E-state index contributed by atoms with van der Waals surface area (Å²) in [5, 5.41) is 5.33. The van der Waals surface area contributed by atoms with Gasteiger partial charge in [-0.2, -0.15) is 0 Å². The van der Waals surface area contributed by atoms with Gasteiger partial charge in [0.05, 0.1) is 6.04 Å². The predicted octanol–water partition coefficient (Wildman–Crippen LogP) is 2.54. The highest BCUT2D eigenvalue weighted by atomic mass is 32.2. The molecular weight excluding hydrogens is 344 g/mol. The molecule has 2 aromatic rings. The molecule has 0 saturated heterocycles. The summed E-state index contributed by atoms with van der Waals surface area (Å²) in [5.74, 6) is 0.655. The maximum absolute atomic E-state index is 12.1. The maximum Gasteiger partial charge on any atom is 0.242 e. The second-order valence-electron chi connectivity index (χ2n) is 6.03. The van der Waals surface area contributed by atoms with Gasteiger partial charge in [0.15, 0.2) is 0 Å². The molecule has 24 heavy (non-hydrogen) atoms. The van der Waals surface area contributed by atoms with Crippen molar-refractivity contribution in [1.29, 1.82) is 0 Å². The van der Waals surface area contributed by atoms with E-state index in [1.54, 1.807) is 37.3 Å². The lowest BCUT2D eigenvalue weighted by Crippen LogP contribution is -2.30. The molecule has 0 amide bonds. The van der Waals surface area contributed by atoms with Gasteiger partial charge in [-0.25, -0.2) is 18.1 Å². The van der Waals surface area contributed by atoms with E-state index >= 15 is 0 Å². The number of anilines is 1. The molecule has 2 aromatic heterocycles. The number of hydrogen-bond acceptors (Lipinski definition) is 6. The van der Waals surface area contributed by atoms with Crippen molar-refractivity contribution in [2.75, 3.05) is 26.0 Å². The average molecular weight is 369 g/mol. The zero-order valence-electron chi connectivity index (χ0n) is 14.4. The molecule has 6 nitrogen and oxygen atoms in total. The smallest absolute Gasteiger partial charge is 0.242 e. The second kappa shape index (κ2) is 8.06. The number of nitrogens with zero attached hydrogens (tertiary/aromatic N) is 2. The van der Waals surface area contributed by atoms with E-state index in [0.29, 0.717) is 12.4 Å². The molecule has 8 heteroatoms. The Hall–Kier alpha value is -1.48. The molecule has 132 valence electrons. The summed E-state index contributed by atoms with van der Waals surface area (Å²) in [6.07, 6.45) is 1.38. The average Bonchev–Trinajstić information content (AvgIpc) is 3.00. The van der Waals surface area contributed by atoms with Crippen LogP contribution in [-0.4, -0.2) is 45.0 Å². The van der Waals surface area contributed by atoms with Gasteiger partial charge in [0.1, 0.15) is 10.7 Å². The molecular formula is C16H24N4O2S2. The Labute approximate surface area is 148 Å². The number of nitrogens with one attached hydrogen (secondary N) is 2. The third kappa shape index (κ3) is 5.01. The number of likely N-dealkylation sites (N-methyl/N-ethyl adjacent to an activating group) is 1. The Kier molecular flexibility index (Phi) is 6.34. The normalized spacial score (nSPS) is 13.4. The van der Waals surface area contributed by atoms with Gasteiger partial charge in [-0.1, -0.05) is 6.07 Å². The fourth-order valence-electron chi connectivity index (χ4n) is 2.24. The molecule has 0 aliphatic rings. The minimum absolute atomic E-state index is 0.153. The van der Waals surface area contributed by atoms with Crippen molar-refractivity contribution < 1.29 is 8.42 Å². The van der Waals surface area contributed by atoms with Crippen LogP contribution in [0.3, 0.4) is 0 Å². The van der Waals surface area contributed by atoms with Crippen molar-refractivity contribution >= 4 is 27.2 Å². The number of sulfonamides is 1. The Morgan fingerprint density at radius 1 is 1.25 bits per heavy atom. The van der Waals surface area contributed by atoms with Crippen LogP contribution >= 0.6 is 11.3 Å². The van der Waals surface area contributed by atoms with E-state index in [0.717, 1.165) is 0 Å². The first-order valence-corrected chi connectivity index (χ1v) is 10.1.